The summed E-state index contributed by atoms with van der Waals surface area (Å²) in [6.07, 6.45) is -0.898. The van der Waals surface area contributed by atoms with Gasteiger partial charge in [0.2, 0.25) is 6.39 Å². The van der Waals surface area contributed by atoms with Gasteiger partial charge in [-0.15, -0.1) is 0 Å². The van der Waals surface area contributed by atoms with E-state index >= 15 is 0 Å². The predicted octanol–water partition coefficient (Wildman–Crippen LogP) is -0.638. The van der Waals surface area contributed by atoms with Crippen molar-refractivity contribution in [3.05, 3.63) is 0 Å². The van der Waals surface area contributed by atoms with Gasteiger partial charge in [-0.05, 0) is 0 Å². The average Bonchev–Trinajstić information content (AvgIpc) is 1.35. The largest absolute Gasteiger partial charge is 0.362 e. The Hall–Kier alpha value is -0.530. The summed E-state index contributed by atoms with van der Waals surface area (Å²) >= 11 is 0. The smallest absolute Gasteiger partial charge is 0.206 e. The van der Waals surface area contributed by atoms with Gasteiger partial charge in [-0.2, -0.15) is 0 Å². The van der Waals surface area contributed by atoms with Crippen LogP contribution in [0.2, 0.25) is 0 Å². The lowest BCUT2D eigenvalue weighted by Gasteiger charge is -1.64. The van der Waals surface area contributed by atoms with E-state index in [2.05, 4.69) is 0 Å². The van der Waals surface area contributed by atoms with Crippen molar-refractivity contribution in [1.82, 2.24) is 5.32 Å². The van der Waals surface area contributed by atoms with Gasteiger partial charge in [-0.1, -0.05) is 0 Å². The number of hydrogen-bond donors (Lipinski definition) is 1. The topological polar surface area (TPSA) is 29.1 Å². The lowest BCUT2D eigenvalue weighted by atomic mass is 11.2. The SMILES string of the molecule is [2H]CNC([2H])=O. The van der Waals surface area contributed by atoms with Crippen LogP contribution in [0.3, 0.4) is 0 Å². The van der Waals surface area contributed by atoms with Crippen LogP contribution < -0.4 is 5.32 Å². The molecule has 0 saturated heterocycles. The summed E-state index contributed by atoms with van der Waals surface area (Å²) in [5, 5.41) is 1.90. The minimum atomic E-state index is -0.898. The molecule has 0 aromatic rings. The molecule has 2 heteroatoms. The molecule has 0 rings (SSSR count). The van der Waals surface area contributed by atoms with Crippen LogP contribution >= 0.6 is 0 Å². The molecule has 0 aliphatic carbocycles. The van der Waals surface area contributed by atoms with Crippen LogP contribution in [0, 0.1) is 0 Å². The van der Waals surface area contributed by atoms with Crippen LogP contribution in [0.25, 0.3) is 0 Å². The van der Waals surface area contributed by atoms with Crippen molar-refractivity contribution in [3.8, 4) is 0 Å². The van der Waals surface area contributed by atoms with Crippen LogP contribution in [0.1, 0.15) is 2.74 Å². The highest BCUT2D eigenvalue weighted by Gasteiger charge is 1.43. The maximum atomic E-state index is 9.48. The van der Waals surface area contributed by atoms with E-state index < -0.39 is 6.39 Å². The summed E-state index contributed by atoms with van der Waals surface area (Å²) in [4.78, 5) is 9.48. The van der Waals surface area contributed by atoms with Crippen molar-refractivity contribution >= 4 is 6.39 Å². The van der Waals surface area contributed by atoms with E-state index in [9.17, 15) is 4.79 Å². The molecule has 0 bridgehead atoms. The first-order valence-electron chi connectivity index (χ1n) is 2.01. The van der Waals surface area contributed by atoms with E-state index in [1.165, 1.54) is 0 Å². The molecule has 0 heterocycles. The molecule has 4 heavy (non-hydrogen) atoms. The van der Waals surface area contributed by atoms with Gasteiger partial charge in [0.15, 0.2) is 0 Å². The Bertz CT molecular complexity index is 55.5. The van der Waals surface area contributed by atoms with E-state index in [1.807, 2.05) is 5.32 Å². The zero-order chi connectivity index (χ0) is 4.99. The fourth-order valence-corrected chi connectivity index (χ4v) is 0. The van der Waals surface area contributed by atoms with Gasteiger partial charge in [0.1, 0.15) is 1.37 Å². The molecule has 0 aliphatic heterocycles. The molecule has 0 spiro atoms. The molecular formula is C2H5NO. The fraction of sp³-hybridized carbons (Fsp3) is 0.500. The van der Waals surface area contributed by atoms with E-state index in [4.69, 9.17) is 2.74 Å². The number of carbonyl (C=O) groups excluding carboxylic acids is 1. The molecule has 0 aliphatic rings. The van der Waals surface area contributed by atoms with Crippen molar-refractivity contribution < 1.29 is 7.54 Å². The van der Waals surface area contributed by atoms with Crippen molar-refractivity contribution in [2.75, 3.05) is 7.02 Å². The van der Waals surface area contributed by atoms with Gasteiger partial charge in [0.05, 0.1) is 0 Å². The van der Waals surface area contributed by atoms with Gasteiger partial charge in [-0.25, -0.2) is 0 Å². The summed E-state index contributed by atoms with van der Waals surface area (Å²) in [5.74, 6) is 0. The third kappa shape index (κ3) is 1.47. The maximum absolute atomic E-state index is 9.48. The Morgan fingerprint density at radius 3 is 3.50 bits per heavy atom. The second-order valence-electron chi connectivity index (χ2n) is 0.279. The summed E-state index contributed by atoms with van der Waals surface area (Å²) in [5.41, 5.74) is 0. The van der Waals surface area contributed by atoms with Gasteiger partial charge in [-0.3, -0.25) is 4.79 Å². The molecule has 0 unspecified atom stereocenters. The third-order valence-corrected chi connectivity index (χ3v) is 0.0722. The summed E-state index contributed by atoms with van der Waals surface area (Å²) in [7, 11) is -0.206. The first-order chi connectivity index (χ1) is 2.77. The highest BCUT2D eigenvalue weighted by Crippen LogP contribution is 1.09. The van der Waals surface area contributed by atoms with Gasteiger partial charge in [0, 0.05) is 8.39 Å². The molecule has 0 atom stereocenters. The highest BCUT2D eigenvalue weighted by molar-refractivity contribution is 5.44. The average molecular weight is 61.1 g/mol. The van der Waals surface area contributed by atoms with Crippen LogP contribution in [-0.4, -0.2) is 13.4 Å². The van der Waals surface area contributed by atoms with Gasteiger partial charge < -0.3 is 5.32 Å². The number of nitrogens with one attached hydrogen (secondary N) is 1. The lowest BCUT2D eigenvalue weighted by Crippen LogP contribution is -1.98. The van der Waals surface area contributed by atoms with Gasteiger partial charge >= 0.3 is 0 Å². The molecule has 0 saturated carbocycles. The minimum absolute atomic E-state index is 0.206. The first kappa shape index (κ1) is 1.06. The first-order valence-corrected chi connectivity index (χ1v) is 0.808. The predicted molar refractivity (Wildman–Crippen MR) is 15.1 cm³/mol. The minimum Gasteiger partial charge on any atom is -0.362 e. The molecule has 0 aromatic carbocycles. The Labute approximate surface area is 27.6 Å². The summed E-state index contributed by atoms with van der Waals surface area (Å²) < 4.78 is 12.4. The van der Waals surface area contributed by atoms with Crippen molar-refractivity contribution in [2.45, 2.75) is 0 Å². The number of carbonyl (C=O) groups is 1. The Morgan fingerprint density at radius 1 is 2.75 bits per heavy atom. The fourth-order valence-electron chi connectivity index (χ4n) is 0. The van der Waals surface area contributed by atoms with E-state index in [0.29, 0.717) is 0 Å². The Kier molecular flexibility index (Phi) is 0.654. The maximum Gasteiger partial charge on any atom is 0.206 e. The monoisotopic (exact) mass is 61.0 g/mol. The second kappa shape index (κ2) is 2.47. The third-order valence-electron chi connectivity index (χ3n) is 0.0722. The van der Waals surface area contributed by atoms with Crippen LogP contribution in [0.5, 0.6) is 0 Å². The molecule has 0 radical (unpaired) electrons. The molecule has 0 aromatic heterocycles. The molecule has 24 valence electrons. The summed E-state index contributed by atoms with van der Waals surface area (Å²) in [6, 6.07) is 0. The normalized spacial score (nSPS) is 12.0. The van der Waals surface area contributed by atoms with Crippen LogP contribution in [-0.2, 0) is 4.79 Å². The van der Waals surface area contributed by atoms with Crippen LogP contribution in [0.4, 0.5) is 0 Å². The molecule has 1 amide bonds. The summed E-state index contributed by atoms with van der Waals surface area (Å²) in [6.45, 7) is 0. The van der Waals surface area contributed by atoms with Crippen molar-refractivity contribution in [2.24, 2.45) is 0 Å². The Balaban J connectivity index is 2.83. The van der Waals surface area contributed by atoms with Crippen LogP contribution in [0.15, 0.2) is 0 Å². The van der Waals surface area contributed by atoms with Crippen molar-refractivity contribution in [3.63, 3.8) is 0 Å². The highest BCUT2D eigenvalue weighted by atomic mass is 16.1. The second-order valence-corrected chi connectivity index (χ2v) is 0.279. The zero-order valence-electron chi connectivity index (χ0n) is 4.12. The van der Waals surface area contributed by atoms with E-state index in [1.54, 1.807) is 0 Å². The number of rotatable bonds is 0. The van der Waals surface area contributed by atoms with Crippen molar-refractivity contribution in [1.29, 1.82) is 0 Å². The molecule has 1 N–H and O–H groups in total. The Morgan fingerprint density at radius 2 is 3.50 bits per heavy atom. The molecule has 2 nitrogen and oxygen atoms in total. The number of amides is 1. The quantitative estimate of drug-likeness (QED) is 0.371. The molecule has 0 fully saturated rings. The standard InChI is InChI=1S/C2H5NO/c1-3-2-4/h2H,1H3,(H,3,4)/i1D,2D. The zero-order valence-corrected chi connectivity index (χ0v) is 2.12. The van der Waals surface area contributed by atoms with E-state index in [-0.39, 0.29) is 7.02 Å². The lowest BCUT2D eigenvalue weighted by molar-refractivity contribution is -0.109. The number of hydrogen-bond acceptors (Lipinski definition) is 1. The van der Waals surface area contributed by atoms with Gasteiger partial charge in [0.25, 0.3) is 0 Å². The molecular weight excluding hydrogens is 54.0 g/mol. The van der Waals surface area contributed by atoms with E-state index in [0.717, 1.165) is 0 Å².